The van der Waals surface area contributed by atoms with Gasteiger partial charge in [0.05, 0.1) is 31.2 Å². The van der Waals surface area contributed by atoms with E-state index in [-0.39, 0.29) is 0 Å². The van der Waals surface area contributed by atoms with Gasteiger partial charge in [0, 0.05) is 37.3 Å². The number of nitrogens with one attached hydrogen (secondary N) is 2. The number of benzene rings is 2. The number of nitrogens with zero attached hydrogens (tertiary/aromatic N) is 2. The summed E-state index contributed by atoms with van der Waals surface area (Å²) in [5.74, 6) is 1.84. The number of nitriles is 1. The average molecular weight is 364 g/mol. The fraction of sp³-hybridized carbons (Fsp3) is 0.381. The van der Waals surface area contributed by atoms with Gasteiger partial charge in [-0.1, -0.05) is 0 Å². The molecule has 27 heavy (non-hydrogen) atoms. The molecule has 0 radical (unpaired) electrons. The number of piperidine rings is 1. The number of likely N-dealkylation sites (N-methyl/N-ethyl adjacent to an activating group) is 1. The maximum Gasteiger partial charge on any atom is 0.145 e. The zero-order chi connectivity index (χ0) is 19.0. The Morgan fingerprint density at radius 1 is 1.22 bits per heavy atom. The molecule has 2 heterocycles. The normalized spacial score (nSPS) is 20.4. The second-order valence-electron chi connectivity index (χ2n) is 7.04. The van der Waals surface area contributed by atoms with Gasteiger partial charge in [0.15, 0.2) is 0 Å². The molecule has 0 aliphatic carbocycles. The van der Waals surface area contributed by atoms with Crippen molar-refractivity contribution in [1.29, 1.82) is 5.26 Å². The van der Waals surface area contributed by atoms with Crippen LogP contribution in [0.25, 0.3) is 0 Å². The summed E-state index contributed by atoms with van der Waals surface area (Å²) in [7, 11) is 5.37. The molecular weight excluding hydrogens is 340 g/mol. The van der Waals surface area contributed by atoms with Crippen LogP contribution in [0.2, 0.25) is 0 Å². The first-order valence-corrected chi connectivity index (χ1v) is 9.17. The largest absolute Gasteiger partial charge is 0.497 e. The van der Waals surface area contributed by atoms with E-state index in [0.717, 1.165) is 42.3 Å². The maximum atomic E-state index is 9.75. The molecule has 6 nitrogen and oxygen atoms in total. The average Bonchev–Trinajstić information content (AvgIpc) is 3.00. The SMILES string of the molecule is COc1ccc(Nc2cc(C#N)c3c(c2)[C@@H]2CNCC[C@@H]2N3C)c(OC)c1. The summed E-state index contributed by atoms with van der Waals surface area (Å²) in [5.41, 5.74) is 4.76. The number of rotatable bonds is 4. The van der Waals surface area contributed by atoms with Gasteiger partial charge < -0.3 is 25.0 Å². The van der Waals surface area contributed by atoms with Crippen LogP contribution in [0, 0.1) is 11.3 Å². The number of methoxy groups -OCH3 is 2. The molecule has 0 bridgehead atoms. The van der Waals surface area contributed by atoms with Crippen molar-refractivity contribution < 1.29 is 9.47 Å². The number of ether oxygens (including phenoxy) is 2. The van der Waals surface area contributed by atoms with Crippen molar-refractivity contribution in [2.45, 2.75) is 18.4 Å². The number of hydrogen-bond donors (Lipinski definition) is 2. The van der Waals surface area contributed by atoms with Crippen LogP contribution < -0.4 is 25.0 Å². The van der Waals surface area contributed by atoms with E-state index in [4.69, 9.17) is 9.47 Å². The summed E-state index contributed by atoms with van der Waals surface area (Å²) >= 11 is 0. The van der Waals surface area contributed by atoms with Gasteiger partial charge in [-0.3, -0.25) is 0 Å². The number of hydrogen-bond acceptors (Lipinski definition) is 6. The summed E-state index contributed by atoms with van der Waals surface area (Å²) in [6.45, 7) is 1.97. The van der Waals surface area contributed by atoms with Crippen LogP contribution in [-0.4, -0.2) is 40.4 Å². The van der Waals surface area contributed by atoms with Crippen LogP contribution in [0.1, 0.15) is 23.5 Å². The van der Waals surface area contributed by atoms with Crippen molar-refractivity contribution in [3.8, 4) is 17.6 Å². The first-order chi connectivity index (χ1) is 13.2. The highest BCUT2D eigenvalue weighted by atomic mass is 16.5. The Morgan fingerprint density at radius 3 is 2.81 bits per heavy atom. The number of fused-ring (bicyclic) bond motifs is 3. The summed E-state index contributed by atoms with van der Waals surface area (Å²) in [5, 5.41) is 16.7. The topological polar surface area (TPSA) is 69.5 Å². The van der Waals surface area contributed by atoms with Crippen LogP contribution in [-0.2, 0) is 0 Å². The van der Waals surface area contributed by atoms with Crippen molar-refractivity contribution in [3.05, 3.63) is 41.5 Å². The van der Waals surface area contributed by atoms with Gasteiger partial charge in [0.2, 0.25) is 0 Å². The molecule has 0 saturated carbocycles. The standard InChI is InChI=1S/C21H24N4O2/c1-25-19-6-7-23-12-17(19)16-9-14(8-13(11-22)21(16)25)24-18-5-4-15(26-2)10-20(18)27-3/h4-5,8-10,17,19,23-24H,6-7,12H2,1-3H3/t17-,19-/m0/s1. The lowest BCUT2D eigenvalue weighted by molar-refractivity contribution is 0.395. The molecule has 2 aliphatic rings. The Morgan fingerprint density at radius 2 is 2.07 bits per heavy atom. The van der Waals surface area contributed by atoms with E-state index >= 15 is 0 Å². The summed E-state index contributed by atoms with van der Waals surface area (Å²) in [4.78, 5) is 2.29. The van der Waals surface area contributed by atoms with Crippen molar-refractivity contribution >= 4 is 17.1 Å². The summed E-state index contributed by atoms with van der Waals surface area (Å²) in [6, 6.07) is 12.6. The molecule has 4 rings (SSSR count). The first-order valence-electron chi connectivity index (χ1n) is 9.17. The minimum atomic E-state index is 0.408. The zero-order valence-corrected chi connectivity index (χ0v) is 15.9. The Bertz CT molecular complexity index is 906. The Kier molecular flexibility index (Phi) is 4.54. The smallest absolute Gasteiger partial charge is 0.145 e. The molecule has 1 saturated heterocycles. The fourth-order valence-electron chi connectivity index (χ4n) is 4.34. The van der Waals surface area contributed by atoms with E-state index in [9.17, 15) is 5.26 Å². The Labute approximate surface area is 159 Å². The maximum absolute atomic E-state index is 9.75. The van der Waals surface area contributed by atoms with Gasteiger partial charge in [-0.25, -0.2) is 0 Å². The monoisotopic (exact) mass is 364 g/mol. The van der Waals surface area contributed by atoms with Gasteiger partial charge in [-0.2, -0.15) is 5.26 Å². The third-order valence-electron chi connectivity index (χ3n) is 5.64. The second kappa shape index (κ2) is 7.01. The van der Waals surface area contributed by atoms with Crippen LogP contribution in [0.15, 0.2) is 30.3 Å². The lowest BCUT2D eigenvalue weighted by Gasteiger charge is -2.31. The zero-order valence-electron chi connectivity index (χ0n) is 15.9. The molecule has 0 spiro atoms. The quantitative estimate of drug-likeness (QED) is 0.868. The van der Waals surface area contributed by atoms with Crippen LogP contribution in [0.5, 0.6) is 11.5 Å². The van der Waals surface area contributed by atoms with E-state index in [1.165, 1.54) is 5.56 Å². The van der Waals surface area contributed by atoms with Crippen molar-refractivity contribution in [2.75, 3.05) is 44.6 Å². The minimum Gasteiger partial charge on any atom is -0.497 e. The molecule has 2 atom stereocenters. The minimum absolute atomic E-state index is 0.408. The van der Waals surface area contributed by atoms with Crippen molar-refractivity contribution in [2.24, 2.45) is 0 Å². The highest BCUT2D eigenvalue weighted by Gasteiger charge is 2.39. The number of anilines is 3. The van der Waals surface area contributed by atoms with E-state index in [1.807, 2.05) is 24.3 Å². The van der Waals surface area contributed by atoms with Crippen molar-refractivity contribution in [3.63, 3.8) is 0 Å². The van der Waals surface area contributed by atoms with Gasteiger partial charge in [-0.05, 0) is 42.8 Å². The molecule has 6 heteroatoms. The fourth-order valence-corrected chi connectivity index (χ4v) is 4.34. The molecule has 2 N–H and O–H groups in total. The van der Waals surface area contributed by atoms with E-state index in [2.05, 4.69) is 34.7 Å². The Balaban J connectivity index is 1.73. The molecular formula is C21H24N4O2. The molecule has 0 aromatic heterocycles. The van der Waals surface area contributed by atoms with Gasteiger partial charge in [0.25, 0.3) is 0 Å². The van der Waals surface area contributed by atoms with E-state index in [1.54, 1.807) is 14.2 Å². The molecule has 0 unspecified atom stereocenters. The molecule has 140 valence electrons. The van der Waals surface area contributed by atoms with Crippen LogP contribution in [0.4, 0.5) is 17.1 Å². The molecule has 1 fully saturated rings. The predicted molar refractivity (Wildman–Crippen MR) is 106 cm³/mol. The lowest BCUT2D eigenvalue weighted by atomic mass is 9.89. The lowest BCUT2D eigenvalue weighted by Crippen LogP contribution is -2.42. The second-order valence-corrected chi connectivity index (χ2v) is 7.04. The molecule has 0 amide bonds. The molecule has 2 aromatic rings. The third kappa shape index (κ3) is 2.94. The molecule has 2 aromatic carbocycles. The van der Waals surface area contributed by atoms with Gasteiger partial charge in [0.1, 0.15) is 17.6 Å². The first kappa shape index (κ1) is 17.5. The van der Waals surface area contributed by atoms with Gasteiger partial charge in [-0.15, -0.1) is 0 Å². The van der Waals surface area contributed by atoms with E-state index < -0.39 is 0 Å². The van der Waals surface area contributed by atoms with Gasteiger partial charge >= 0.3 is 0 Å². The third-order valence-corrected chi connectivity index (χ3v) is 5.64. The summed E-state index contributed by atoms with van der Waals surface area (Å²) in [6.07, 6.45) is 1.09. The van der Waals surface area contributed by atoms with E-state index in [0.29, 0.717) is 23.3 Å². The van der Waals surface area contributed by atoms with Crippen LogP contribution in [0.3, 0.4) is 0 Å². The van der Waals surface area contributed by atoms with Crippen LogP contribution >= 0.6 is 0 Å². The highest BCUT2D eigenvalue weighted by Crippen LogP contribution is 2.46. The molecule has 2 aliphatic heterocycles. The summed E-state index contributed by atoms with van der Waals surface area (Å²) < 4.78 is 10.8. The Hall–Kier alpha value is -2.91. The highest BCUT2D eigenvalue weighted by molar-refractivity contribution is 5.77. The predicted octanol–water partition coefficient (Wildman–Crippen LogP) is 3.21. The van der Waals surface area contributed by atoms with Crippen molar-refractivity contribution in [1.82, 2.24) is 5.32 Å².